The maximum absolute atomic E-state index is 9.52. The second-order valence-corrected chi connectivity index (χ2v) is 10.4. The maximum Gasteiger partial charge on any atom is 0.0991 e. The Kier molecular flexibility index (Phi) is 4.96. The normalized spacial score (nSPS) is 11.5. The van der Waals surface area contributed by atoms with E-state index in [0.717, 1.165) is 5.56 Å². The van der Waals surface area contributed by atoms with Crippen LogP contribution in [0.15, 0.2) is 140 Å². The van der Waals surface area contributed by atoms with E-state index in [1.165, 1.54) is 71.6 Å². The molecule has 0 atom stereocenters. The zero-order valence-electron chi connectivity index (χ0n) is 21.7. The molecule has 1 nitrogen and oxygen atoms in total. The molecule has 0 aromatic heterocycles. The lowest BCUT2D eigenvalue weighted by molar-refractivity contribution is 1.48. The number of nitrogens with zero attached hydrogens (tertiary/aromatic N) is 1. The summed E-state index contributed by atoms with van der Waals surface area (Å²) in [7, 11) is 0. The highest BCUT2D eigenvalue weighted by atomic mass is 14.3. The van der Waals surface area contributed by atoms with E-state index in [4.69, 9.17) is 0 Å². The topological polar surface area (TPSA) is 23.8 Å². The predicted octanol–water partition coefficient (Wildman–Crippen LogP) is 10.5. The van der Waals surface area contributed by atoms with Crippen molar-refractivity contribution in [2.75, 3.05) is 0 Å². The van der Waals surface area contributed by atoms with Crippen LogP contribution >= 0.6 is 0 Å². The molecule has 0 bridgehead atoms. The van der Waals surface area contributed by atoms with E-state index in [2.05, 4.69) is 133 Å². The Labute approximate surface area is 233 Å². The molecule has 0 spiro atoms. The van der Waals surface area contributed by atoms with Crippen molar-refractivity contribution in [3.8, 4) is 61.7 Å². The molecular weight excluding hydrogens is 482 g/mol. The van der Waals surface area contributed by atoms with Crippen molar-refractivity contribution in [2.45, 2.75) is 0 Å². The van der Waals surface area contributed by atoms with Gasteiger partial charge in [0.1, 0.15) is 0 Å². The minimum absolute atomic E-state index is 0.668. The van der Waals surface area contributed by atoms with Gasteiger partial charge in [-0.05, 0) is 95.4 Å². The minimum atomic E-state index is 0.668. The molecule has 1 aliphatic carbocycles. The van der Waals surface area contributed by atoms with Gasteiger partial charge in [-0.3, -0.25) is 0 Å². The van der Waals surface area contributed by atoms with Gasteiger partial charge < -0.3 is 0 Å². The lowest BCUT2D eigenvalue weighted by atomic mass is 9.81. The molecule has 40 heavy (non-hydrogen) atoms. The predicted molar refractivity (Wildman–Crippen MR) is 167 cm³/mol. The standard InChI is InChI=1S/C39H23N/c40-24-25-17-19-29(20-18-25)37-34-23-30(26-9-3-1-4-10-26)21-22-31(34)36(28-11-5-2-6-12-28)38-32-15-7-13-27-14-8-16-33(35(27)32)39(37)38/h1-23H. The van der Waals surface area contributed by atoms with Gasteiger partial charge in [0, 0.05) is 0 Å². The van der Waals surface area contributed by atoms with Gasteiger partial charge in [0.2, 0.25) is 0 Å². The molecule has 0 N–H and O–H groups in total. The van der Waals surface area contributed by atoms with Crippen LogP contribution < -0.4 is 0 Å². The molecule has 0 radical (unpaired) electrons. The molecule has 0 saturated heterocycles. The zero-order chi connectivity index (χ0) is 26.6. The molecule has 0 unspecified atom stereocenters. The van der Waals surface area contributed by atoms with Gasteiger partial charge in [-0.1, -0.05) is 121 Å². The van der Waals surface area contributed by atoms with E-state index >= 15 is 0 Å². The van der Waals surface area contributed by atoms with E-state index < -0.39 is 0 Å². The summed E-state index contributed by atoms with van der Waals surface area (Å²) in [5.41, 5.74) is 13.0. The van der Waals surface area contributed by atoms with Crippen LogP contribution in [0.4, 0.5) is 0 Å². The first-order valence-corrected chi connectivity index (χ1v) is 13.6. The molecule has 184 valence electrons. The third kappa shape index (κ3) is 3.27. The number of hydrogen-bond acceptors (Lipinski definition) is 1. The molecule has 7 aromatic carbocycles. The molecule has 0 saturated carbocycles. The summed E-state index contributed by atoms with van der Waals surface area (Å²) in [5.74, 6) is 0. The number of nitriles is 1. The highest BCUT2D eigenvalue weighted by Gasteiger charge is 2.30. The Morgan fingerprint density at radius 3 is 1.57 bits per heavy atom. The van der Waals surface area contributed by atoms with Crippen molar-refractivity contribution in [1.82, 2.24) is 0 Å². The van der Waals surface area contributed by atoms with Crippen LogP contribution in [-0.4, -0.2) is 0 Å². The number of hydrogen-bond donors (Lipinski definition) is 0. The van der Waals surface area contributed by atoms with Crippen LogP contribution in [0, 0.1) is 11.3 Å². The van der Waals surface area contributed by atoms with E-state index in [1.54, 1.807) is 0 Å². The van der Waals surface area contributed by atoms with Crippen molar-refractivity contribution >= 4 is 21.5 Å². The lowest BCUT2D eigenvalue weighted by Gasteiger charge is -2.21. The fraction of sp³-hybridized carbons (Fsp3) is 0. The van der Waals surface area contributed by atoms with Gasteiger partial charge in [0.15, 0.2) is 0 Å². The average Bonchev–Trinajstić information content (AvgIpc) is 3.36. The van der Waals surface area contributed by atoms with Crippen molar-refractivity contribution in [3.63, 3.8) is 0 Å². The molecular formula is C39H23N. The first-order valence-electron chi connectivity index (χ1n) is 13.6. The van der Waals surface area contributed by atoms with Crippen LogP contribution in [-0.2, 0) is 0 Å². The largest absolute Gasteiger partial charge is 0.192 e. The highest BCUT2D eigenvalue weighted by Crippen LogP contribution is 2.57. The minimum Gasteiger partial charge on any atom is -0.192 e. The quantitative estimate of drug-likeness (QED) is 0.234. The lowest BCUT2D eigenvalue weighted by Crippen LogP contribution is -1.94. The Bertz CT molecular complexity index is 2130. The molecule has 1 aliphatic rings. The van der Waals surface area contributed by atoms with Crippen molar-refractivity contribution in [2.24, 2.45) is 0 Å². The Hall–Kier alpha value is -5.45. The Balaban J connectivity index is 1.60. The van der Waals surface area contributed by atoms with Gasteiger partial charge in [-0.2, -0.15) is 5.26 Å². The Morgan fingerprint density at radius 1 is 0.400 bits per heavy atom. The molecule has 0 amide bonds. The number of benzene rings is 7. The Morgan fingerprint density at radius 2 is 0.950 bits per heavy atom. The van der Waals surface area contributed by atoms with Crippen LogP contribution in [0.2, 0.25) is 0 Å². The van der Waals surface area contributed by atoms with Crippen molar-refractivity contribution in [1.29, 1.82) is 5.26 Å². The third-order valence-corrected chi connectivity index (χ3v) is 8.22. The summed E-state index contributed by atoms with van der Waals surface area (Å²) < 4.78 is 0. The zero-order valence-corrected chi connectivity index (χ0v) is 21.7. The molecule has 0 heterocycles. The highest BCUT2D eigenvalue weighted by molar-refractivity contribution is 6.27. The monoisotopic (exact) mass is 505 g/mol. The maximum atomic E-state index is 9.52. The van der Waals surface area contributed by atoms with Crippen LogP contribution in [0.1, 0.15) is 5.56 Å². The van der Waals surface area contributed by atoms with Crippen molar-refractivity contribution < 1.29 is 0 Å². The first kappa shape index (κ1) is 22.5. The van der Waals surface area contributed by atoms with E-state index in [1.807, 2.05) is 12.1 Å². The number of rotatable bonds is 3. The molecule has 7 aromatic rings. The fourth-order valence-electron chi connectivity index (χ4n) is 6.51. The van der Waals surface area contributed by atoms with Gasteiger partial charge in [-0.25, -0.2) is 0 Å². The summed E-state index contributed by atoms with van der Waals surface area (Å²) in [5, 5.41) is 14.5. The molecule has 8 rings (SSSR count). The van der Waals surface area contributed by atoms with E-state index in [-0.39, 0.29) is 0 Å². The molecule has 0 aliphatic heterocycles. The molecule has 1 heteroatoms. The molecule has 0 fully saturated rings. The van der Waals surface area contributed by atoms with Crippen molar-refractivity contribution in [3.05, 3.63) is 145 Å². The smallest absolute Gasteiger partial charge is 0.0991 e. The fourth-order valence-corrected chi connectivity index (χ4v) is 6.51. The van der Waals surface area contributed by atoms with Crippen LogP contribution in [0.3, 0.4) is 0 Å². The van der Waals surface area contributed by atoms with Gasteiger partial charge in [0.05, 0.1) is 11.6 Å². The summed E-state index contributed by atoms with van der Waals surface area (Å²) in [4.78, 5) is 0. The summed E-state index contributed by atoms with van der Waals surface area (Å²) in [6.45, 7) is 0. The summed E-state index contributed by atoms with van der Waals surface area (Å²) >= 11 is 0. The summed E-state index contributed by atoms with van der Waals surface area (Å²) in [6.07, 6.45) is 0. The second kappa shape index (κ2) is 8.80. The van der Waals surface area contributed by atoms with Gasteiger partial charge >= 0.3 is 0 Å². The van der Waals surface area contributed by atoms with E-state index in [9.17, 15) is 5.26 Å². The number of fused-ring (bicyclic) bond motifs is 4. The average molecular weight is 506 g/mol. The second-order valence-electron chi connectivity index (χ2n) is 10.4. The van der Waals surface area contributed by atoms with Crippen LogP contribution in [0.25, 0.3) is 77.2 Å². The first-order chi connectivity index (χ1) is 19.8. The van der Waals surface area contributed by atoms with Gasteiger partial charge in [-0.15, -0.1) is 0 Å². The van der Waals surface area contributed by atoms with Gasteiger partial charge in [0.25, 0.3) is 0 Å². The third-order valence-electron chi connectivity index (χ3n) is 8.22. The SMILES string of the molecule is N#Cc1ccc(-c2c3c(c(-c4ccccc4)c4ccc(-c5ccccc5)cc24)-c2cccc4cccc-3c24)cc1. The summed E-state index contributed by atoms with van der Waals surface area (Å²) in [6, 6.07) is 52.0. The van der Waals surface area contributed by atoms with Crippen LogP contribution in [0.5, 0.6) is 0 Å². The van der Waals surface area contributed by atoms with E-state index in [0.29, 0.717) is 5.56 Å².